The van der Waals surface area contributed by atoms with Crippen molar-refractivity contribution in [1.29, 1.82) is 0 Å². The Morgan fingerprint density at radius 3 is 1.22 bits per heavy atom. The number of fused-ring (bicyclic) bond motifs is 14. The first kappa shape index (κ1) is 56.9. The normalized spacial score (nSPS) is 12.3. The molecule has 21 rings (SSSR count). The summed E-state index contributed by atoms with van der Waals surface area (Å²) >= 11 is 0. The second-order valence-electron chi connectivity index (χ2n) is 27.0. The largest absolute Gasteiger partial charge is 0.310 e. The van der Waals surface area contributed by atoms with Crippen molar-refractivity contribution in [2.45, 2.75) is 0 Å². The number of benzene rings is 16. The van der Waals surface area contributed by atoms with E-state index in [0.29, 0.717) is 0 Å². The number of rotatable bonds is 10. The van der Waals surface area contributed by atoms with Crippen LogP contribution in [0.4, 0.5) is 17.1 Å². The van der Waals surface area contributed by atoms with Gasteiger partial charge in [0.15, 0.2) is 0 Å². The molecule has 0 N–H and O–H groups in total. The second kappa shape index (κ2) is 22.7. The lowest BCUT2D eigenvalue weighted by molar-refractivity contribution is 1.17. The highest BCUT2D eigenvalue weighted by molar-refractivity contribution is 7.00. The summed E-state index contributed by atoms with van der Waals surface area (Å²) in [7, 11) is 0. The highest BCUT2D eigenvalue weighted by Crippen LogP contribution is 2.53. The molecule has 468 valence electrons. The van der Waals surface area contributed by atoms with Gasteiger partial charge < -0.3 is 18.6 Å². The third-order valence-electron chi connectivity index (χ3n) is 21.6. The van der Waals surface area contributed by atoms with Gasteiger partial charge in [-0.25, -0.2) is 0 Å². The molecule has 0 atom stereocenters. The molecule has 101 heavy (non-hydrogen) atoms. The van der Waals surface area contributed by atoms with Crippen LogP contribution < -0.4 is 21.3 Å². The highest BCUT2D eigenvalue weighted by Gasteiger charge is 2.45. The lowest BCUT2D eigenvalue weighted by atomic mass is 9.33. The molecular weight excluding hydrogens is 1220 g/mol. The minimum absolute atomic E-state index is 0.279. The van der Waals surface area contributed by atoms with Crippen molar-refractivity contribution in [1.82, 2.24) is 13.7 Å². The Morgan fingerprint density at radius 1 is 0.208 bits per heavy atom. The van der Waals surface area contributed by atoms with Crippen molar-refractivity contribution in [3.05, 3.63) is 370 Å². The predicted molar refractivity (Wildman–Crippen MR) is 427 cm³/mol. The zero-order valence-corrected chi connectivity index (χ0v) is 55.1. The van der Waals surface area contributed by atoms with Gasteiger partial charge in [0.2, 0.25) is 0 Å². The summed E-state index contributed by atoms with van der Waals surface area (Å²) in [6, 6.07) is 138. The molecule has 4 nitrogen and oxygen atoms in total. The molecule has 0 fully saturated rings. The Labute approximate surface area is 585 Å². The molecule has 3 aromatic heterocycles. The molecule has 19 aromatic rings. The Morgan fingerprint density at radius 2 is 0.634 bits per heavy atom. The Bertz CT molecular complexity index is 6400. The van der Waals surface area contributed by atoms with E-state index in [1.165, 1.54) is 127 Å². The minimum atomic E-state index is -0.279. The average molecular weight is 1280 g/mol. The van der Waals surface area contributed by atoms with Gasteiger partial charge in [0, 0.05) is 71.8 Å². The number of aromatic nitrogens is 3. The standard InChI is InChI=1S/C96H61BN4/c1-8-25-62(26-9-1)66-43-47-69(48-44-66)75-40-24-41-76(70-49-45-67(46-50-70)63-27-10-2-11-28-63)94(75)100-86-56-54-77(68-33-16-5-17-34-68)95-93(86)97(82-60-88-80(59-89(82)100)78-53-51-72(65-31-14-4-15-32-65)58-87(78)99(88)74-37-20-7-21-38-74)83-61-90-91(92-79-39-22-23-42-84(79)101(95)96(83)92)81-57-71(64-29-12-3-13-30-64)52-55-85(81)98(90)73-35-18-6-19-36-73/h1-61H. The number of hydrogen-bond donors (Lipinski definition) is 0. The molecule has 5 heteroatoms. The summed E-state index contributed by atoms with van der Waals surface area (Å²) < 4.78 is 7.77. The van der Waals surface area contributed by atoms with E-state index in [1.54, 1.807) is 0 Å². The zero-order chi connectivity index (χ0) is 66.2. The van der Waals surface area contributed by atoms with Gasteiger partial charge in [0.05, 0.1) is 44.5 Å². The number of para-hydroxylation sites is 4. The fourth-order valence-corrected chi connectivity index (χ4v) is 17.2. The van der Waals surface area contributed by atoms with E-state index in [2.05, 4.69) is 389 Å². The number of anilines is 3. The lowest BCUT2D eigenvalue weighted by Gasteiger charge is -2.42. The third-order valence-corrected chi connectivity index (χ3v) is 21.6. The van der Waals surface area contributed by atoms with Crippen LogP contribution in [0.1, 0.15) is 0 Å². The molecular formula is C96H61BN4. The summed E-state index contributed by atoms with van der Waals surface area (Å²) in [5.41, 5.74) is 33.9. The first-order valence-corrected chi connectivity index (χ1v) is 35.0. The molecule has 5 heterocycles. The quantitative estimate of drug-likeness (QED) is 0.125. The SMILES string of the molecule is c1ccc(-c2ccc(-c3cccc(-c4ccc(-c5ccccc5)cc4)c3N3c4cc5c6ccc(-c7ccccc7)cc6n(-c6ccccc6)c5cc4B4c5c3ccc(-c3ccccc3)c5-n3c5ccccc5c5c6c7cc(-c8ccccc8)ccc7n(-c7ccccc7)c6cc4c53)cc2)cc1. The van der Waals surface area contributed by atoms with Crippen molar-refractivity contribution < 1.29 is 0 Å². The molecule has 0 spiro atoms. The van der Waals surface area contributed by atoms with Gasteiger partial charge in [-0.1, -0.05) is 297 Å². The first-order chi connectivity index (χ1) is 50.1. The Kier molecular flexibility index (Phi) is 12.8. The van der Waals surface area contributed by atoms with Gasteiger partial charge in [0.25, 0.3) is 6.71 Å². The summed E-state index contributed by atoms with van der Waals surface area (Å²) in [6.07, 6.45) is 0. The fraction of sp³-hybridized carbons (Fsp3) is 0. The molecule has 16 aromatic carbocycles. The topological polar surface area (TPSA) is 18.0 Å². The molecule has 0 saturated heterocycles. The fourth-order valence-electron chi connectivity index (χ4n) is 17.2. The van der Waals surface area contributed by atoms with E-state index in [1.807, 2.05) is 0 Å². The molecule has 0 saturated carbocycles. The van der Waals surface area contributed by atoms with Crippen LogP contribution >= 0.6 is 0 Å². The van der Waals surface area contributed by atoms with Gasteiger partial charge >= 0.3 is 0 Å². The van der Waals surface area contributed by atoms with Gasteiger partial charge in [-0.15, -0.1) is 0 Å². The second-order valence-corrected chi connectivity index (χ2v) is 27.0. The molecule has 0 radical (unpaired) electrons. The summed E-state index contributed by atoms with van der Waals surface area (Å²) in [4.78, 5) is 2.70. The number of nitrogens with zero attached hydrogens (tertiary/aromatic N) is 4. The Hall–Kier alpha value is -13.2. The van der Waals surface area contributed by atoms with Crippen molar-refractivity contribution in [2.75, 3.05) is 4.90 Å². The minimum Gasteiger partial charge on any atom is -0.310 e. The van der Waals surface area contributed by atoms with E-state index < -0.39 is 0 Å². The maximum Gasteiger partial charge on any atom is 0.252 e. The van der Waals surface area contributed by atoms with Crippen LogP contribution in [0, 0.1) is 0 Å². The summed E-state index contributed by atoms with van der Waals surface area (Å²) in [5, 5.41) is 7.32. The molecule has 0 amide bonds. The maximum absolute atomic E-state index is 2.70. The van der Waals surface area contributed by atoms with Gasteiger partial charge in [-0.05, 0) is 150 Å². The third kappa shape index (κ3) is 8.77. The van der Waals surface area contributed by atoms with E-state index in [4.69, 9.17) is 0 Å². The summed E-state index contributed by atoms with van der Waals surface area (Å²) in [6.45, 7) is -0.279. The average Bonchev–Trinajstić information content (AvgIpc) is 1.56. The van der Waals surface area contributed by atoms with Crippen LogP contribution in [0.15, 0.2) is 370 Å². The van der Waals surface area contributed by atoms with Crippen molar-refractivity contribution in [3.63, 3.8) is 0 Å². The zero-order valence-electron chi connectivity index (χ0n) is 55.1. The van der Waals surface area contributed by atoms with Gasteiger partial charge in [0.1, 0.15) is 0 Å². The van der Waals surface area contributed by atoms with Crippen LogP contribution in [0.25, 0.3) is 160 Å². The summed E-state index contributed by atoms with van der Waals surface area (Å²) in [5.74, 6) is 0. The van der Waals surface area contributed by atoms with E-state index >= 15 is 0 Å². The smallest absolute Gasteiger partial charge is 0.252 e. The molecule has 0 bridgehead atoms. The van der Waals surface area contributed by atoms with Crippen LogP contribution in [-0.4, -0.2) is 20.4 Å². The van der Waals surface area contributed by atoms with E-state index in [9.17, 15) is 0 Å². The first-order valence-electron chi connectivity index (χ1n) is 35.0. The predicted octanol–water partition coefficient (Wildman–Crippen LogP) is 23.3. The molecule has 0 aliphatic carbocycles. The van der Waals surface area contributed by atoms with E-state index in [-0.39, 0.29) is 6.71 Å². The van der Waals surface area contributed by atoms with Crippen LogP contribution in [0.2, 0.25) is 0 Å². The molecule has 2 aliphatic rings. The van der Waals surface area contributed by atoms with Crippen LogP contribution in [-0.2, 0) is 0 Å². The van der Waals surface area contributed by atoms with Crippen molar-refractivity contribution in [3.8, 4) is 95.0 Å². The monoisotopic (exact) mass is 1280 g/mol. The van der Waals surface area contributed by atoms with Crippen molar-refractivity contribution in [2.24, 2.45) is 0 Å². The highest BCUT2D eigenvalue weighted by atomic mass is 15.2. The van der Waals surface area contributed by atoms with Gasteiger partial charge in [-0.2, -0.15) is 0 Å². The maximum atomic E-state index is 2.70. The van der Waals surface area contributed by atoms with Crippen LogP contribution in [0.3, 0.4) is 0 Å². The van der Waals surface area contributed by atoms with E-state index in [0.717, 1.165) is 67.3 Å². The van der Waals surface area contributed by atoms with Crippen LogP contribution in [0.5, 0.6) is 0 Å². The van der Waals surface area contributed by atoms with Crippen molar-refractivity contribution >= 4 is 106 Å². The van der Waals surface area contributed by atoms with Gasteiger partial charge in [-0.3, -0.25) is 0 Å². The lowest BCUT2D eigenvalue weighted by Crippen LogP contribution is -2.60. The Balaban J connectivity index is 0.943. The molecule has 2 aliphatic heterocycles. The number of hydrogen-bond acceptors (Lipinski definition) is 1. The molecule has 0 unspecified atom stereocenters.